The molecule has 1 aromatic heterocycles. The summed E-state index contributed by atoms with van der Waals surface area (Å²) in [4.78, 5) is 27.8. The van der Waals surface area contributed by atoms with E-state index in [-0.39, 0.29) is 24.4 Å². The van der Waals surface area contributed by atoms with Gasteiger partial charge >= 0.3 is 12.4 Å². The van der Waals surface area contributed by atoms with Crippen LogP contribution in [0, 0.1) is 5.92 Å². The summed E-state index contributed by atoms with van der Waals surface area (Å²) in [5, 5.41) is 2.48. The van der Waals surface area contributed by atoms with Crippen LogP contribution in [-0.4, -0.2) is 23.2 Å². The maximum Gasteiger partial charge on any atom is 0.418 e. The second-order valence-corrected chi connectivity index (χ2v) is 6.98. The van der Waals surface area contributed by atoms with Gasteiger partial charge in [0, 0.05) is 37.4 Å². The van der Waals surface area contributed by atoms with Gasteiger partial charge in [0.1, 0.15) is 5.78 Å². The fourth-order valence-electron chi connectivity index (χ4n) is 3.41. The van der Waals surface area contributed by atoms with E-state index in [4.69, 9.17) is 0 Å². The number of Topliss-reactive ketones (excluding diaryl/α,β-unsaturated/α-hetero) is 1. The number of carbonyl (C=O) groups is 2. The van der Waals surface area contributed by atoms with Crippen LogP contribution in [0.25, 0.3) is 0 Å². The third-order valence-electron chi connectivity index (χ3n) is 4.95. The van der Waals surface area contributed by atoms with Gasteiger partial charge in [-0.25, -0.2) is 0 Å². The predicted octanol–water partition coefficient (Wildman–Crippen LogP) is 4.35. The van der Waals surface area contributed by atoms with Crippen molar-refractivity contribution in [2.24, 2.45) is 5.92 Å². The average Bonchev–Trinajstić information content (AvgIpc) is 3.11. The minimum Gasteiger partial charge on any atom is -0.355 e. The van der Waals surface area contributed by atoms with Crippen LogP contribution in [0.5, 0.6) is 0 Å². The first-order valence-electron chi connectivity index (χ1n) is 8.95. The molecule has 2 aromatic rings. The zero-order valence-electron chi connectivity index (χ0n) is 15.3. The third kappa shape index (κ3) is 4.80. The molecule has 30 heavy (non-hydrogen) atoms. The summed E-state index contributed by atoms with van der Waals surface area (Å²) in [5.74, 6) is -2.72. The summed E-state index contributed by atoms with van der Waals surface area (Å²) in [7, 11) is 0. The van der Waals surface area contributed by atoms with E-state index in [1.807, 2.05) is 0 Å². The van der Waals surface area contributed by atoms with Crippen LogP contribution in [0.3, 0.4) is 0 Å². The molecule has 1 unspecified atom stereocenters. The molecule has 1 fully saturated rings. The molecule has 1 aliphatic heterocycles. The van der Waals surface area contributed by atoms with E-state index < -0.39 is 53.2 Å². The van der Waals surface area contributed by atoms with Gasteiger partial charge in [-0.1, -0.05) is 12.1 Å². The minimum absolute atomic E-state index is 0.0751. The molecule has 0 spiro atoms. The number of benzene rings is 1. The van der Waals surface area contributed by atoms with E-state index in [0.717, 1.165) is 42.6 Å². The highest BCUT2D eigenvalue weighted by molar-refractivity contribution is 5.90. The van der Waals surface area contributed by atoms with E-state index in [1.165, 1.54) is 0 Å². The summed E-state index contributed by atoms with van der Waals surface area (Å²) in [6.45, 7) is 0.0751. The fourth-order valence-corrected chi connectivity index (χ4v) is 3.41. The number of nitrogens with zero attached hydrogens (tertiary/aromatic N) is 1. The first kappa shape index (κ1) is 21.8. The van der Waals surface area contributed by atoms with Crippen LogP contribution >= 0.6 is 0 Å². The standard InChI is InChI=1S/C20H16F6N2O2/c21-19(22,23)13-5-3-11(4-6-13)14(9-16(29)12-8-17(30)28-10-12)18-15(20(24,25)26)2-1-7-27-18/h1-7,12,14H,8-10H2,(H,28,30)/t12?,14-/m0/s1. The Morgan fingerprint density at radius 2 is 1.73 bits per heavy atom. The normalized spacial score (nSPS) is 18.2. The number of halogens is 6. The number of nitrogens with one attached hydrogen (secondary N) is 1. The number of amides is 1. The van der Waals surface area contributed by atoms with Gasteiger partial charge in [-0.05, 0) is 29.8 Å². The molecule has 1 amide bonds. The summed E-state index contributed by atoms with van der Waals surface area (Å²) >= 11 is 0. The van der Waals surface area contributed by atoms with Gasteiger partial charge in [0.05, 0.1) is 16.8 Å². The largest absolute Gasteiger partial charge is 0.418 e. The van der Waals surface area contributed by atoms with Gasteiger partial charge in [0.25, 0.3) is 0 Å². The van der Waals surface area contributed by atoms with Crippen molar-refractivity contribution in [2.45, 2.75) is 31.1 Å². The SMILES string of the molecule is O=C1CC(C(=O)C[C@@H](c2ccc(C(F)(F)F)cc2)c2ncccc2C(F)(F)F)CN1. The summed E-state index contributed by atoms with van der Waals surface area (Å²) in [5.41, 5.74) is -2.38. The molecule has 1 saturated heterocycles. The fraction of sp³-hybridized carbons (Fsp3) is 0.350. The van der Waals surface area contributed by atoms with Crippen LogP contribution in [0.4, 0.5) is 26.3 Å². The van der Waals surface area contributed by atoms with Crippen LogP contribution in [0.15, 0.2) is 42.6 Å². The maximum absolute atomic E-state index is 13.5. The lowest BCUT2D eigenvalue weighted by molar-refractivity contribution is -0.139. The highest BCUT2D eigenvalue weighted by Crippen LogP contribution is 2.39. The van der Waals surface area contributed by atoms with E-state index >= 15 is 0 Å². The van der Waals surface area contributed by atoms with Gasteiger partial charge in [0.15, 0.2) is 0 Å². The molecule has 4 nitrogen and oxygen atoms in total. The smallest absolute Gasteiger partial charge is 0.355 e. The van der Waals surface area contributed by atoms with Crippen molar-refractivity contribution in [1.82, 2.24) is 10.3 Å². The van der Waals surface area contributed by atoms with Crippen molar-refractivity contribution in [3.8, 4) is 0 Å². The van der Waals surface area contributed by atoms with Crippen molar-refractivity contribution in [3.05, 3.63) is 65.0 Å². The van der Waals surface area contributed by atoms with Crippen LogP contribution < -0.4 is 5.32 Å². The molecule has 1 N–H and O–H groups in total. The quantitative estimate of drug-likeness (QED) is 0.718. The van der Waals surface area contributed by atoms with Crippen LogP contribution in [0.2, 0.25) is 0 Å². The molecule has 0 aliphatic carbocycles. The molecule has 0 bridgehead atoms. The monoisotopic (exact) mass is 430 g/mol. The lowest BCUT2D eigenvalue weighted by atomic mass is 9.84. The van der Waals surface area contributed by atoms with E-state index in [2.05, 4.69) is 10.3 Å². The number of pyridine rings is 1. The number of ketones is 1. The Bertz CT molecular complexity index is 938. The lowest BCUT2D eigenvalue weighted by Gasteiger charge is -2.22. The van der Waals surface area contributed by atoms with Crippen molar-refractivity contribution in [1.29, 1.82) is 0 Å². The highest BCUT2D eigenvalue weighted by atomic mass is 19.4. The Hall–Kier alpha value is -2.91. The third-order valence-corrected chi connectivity index (χ3v) is 4.95. The maximum atomic E-state index is 13.5. The van der Waals surface area contributed by atoms with Crippen molar-refractivity contribution >= 4 is 11.7 Å². The van der Waals surface area contributed by atoms with Gasteiger partial charge in [-0.2, -0.15) is 26.3 Å². The zero-order chi connectivity index (χ0) is 22.1. The Labute approximate surface area is 167 Å². The Kier molecular flexibility index (Phi) is 5.87. The molecular weight excluding hydrogens is 414 g/mol. The second kappa shape index (κ2) is 8.08. The molecule has 2 atom stereocenters. The number of hydrogen-bond acceptors (Lipinski definition) is 3. The van der Waals surface area contributed by atoms with Crippen LogP contribution in [0.1, 0.15) is 41.1 Å². The molecule has 0 saturated carbocycles. The first-order chi connectivity index (χ1) is 14.0. The number of rotatable bonds is 5. The topological polar surface area (TPSA) is 59.1 Å². The number of aromatic nitrogens is 1. The van der Waals surface area contributed by atoms with Crippen molar-refractivity contribution in [2.75, 3.05) is 6.54 Å². The highest BCUT2D eigenvalue weighted by Gasteiger charge is 2.38. The molecule has 10 heteroatoms. The van der Waals surface area contributed by atoms with Gasteiger partial charge in [0.2, 0.25) is 5.91 Å². The van der Waals surface area contributed by atoms with Crippen molar-refractivity contribution in [3.63, 3.8) is 0 Å². The molecular formula is C20H16F6N2O2. The molecule has 0 radical (unpaired) electrons. The molecule has 2 heterocycles. The lowest BCUT2D eigenvalue weighted by Crippen LogP contribution is -2.22. The Balaban J connectivity index is 2.02. The Morgan fingerprint density at radius 3 is 2.27 bits per heavy atom. The number of hydrogen-bond donors (Lipinski definition) is 1. The van der Waals surface area contributed by atoms with E-state index in [9.17, 15) is 35.9 Å². The minimum atomic E-state index is -4.76. The summed E-state index contributed by atoms with van der Waals surface area (Å²) in [6, 6.07) is 5.51. The summed E-state index contributed by atoms with van der Waals surface area (Å²) < 4.78 is 79.1. The van der Waals surface area contributed by atoms with Gasteiger partial charge < -0.3 is 5.32 Å². The molecule has 160 valence electrons. The van der Waals surface area contributed by atoms with Crippen molar-refractivity contribution < 1.29 is 35.9 Å². The second-order valence-electron chi connectivity index (χ2n) is 6.98. The Morgan fingerprint density at radius 1 is 1.07 bits per heavy atom. The van der Waals surface area contributed by atoms with E-state index in [0.29, 0.717) is 0 Å². The van der Waals surface area contributed by atoms with Gasteiger partial charge in [-0.3, -0.25) is 14.6 Å². The van der Waals surface area contributed by atoms with E-state index in [1.54, 1.807) is 0 Å². The van der Waals surface area contributed by atoms with Gasteiger partial charge in [-0.15, -0.1) is 0 Å². The molecule has 1 aromatic carbocycles. The zero-order valence-corrected chi connectivity index (χ0v) is 15.3. The predicted molar refractivity (Wildman–Crippen MR) is 93.3 cm³/mol. The molecule has 1 aliphatic rings. The number of carbonyl (C=O) groups excluding carboxylic acids is 2. The first-order valence-corrected chi connectivity index (χ1v) is 8.95. The summed E-state index contributed by atoms with van der Waals surface area (Å²) in [6.07, 6.45) is -8.74. The van der Waals surface area contributed by atoms with Crippen LogP contribution in [-0.2, 0) is 21.9 Å². The molecule has 3 rings (SSSR count). The average molecular weight is 430 g/mol. The number of alkyl halides is 6.